The first-order valence-electron chi connectivity index (χ1n) is 6.88. The Hall–Kier alpha value is -2.82. The Bertz CT molecular complexity index is 669. The van der Waals surface area contributed by atoms with Gasteiger partial charge >= 0.3 is 0 Å². The van der Waals surface area contributed by atoms with Crippen LogP contribution >= 0.6 is 0 Å². The molecule has 0 fully saturated rings. The van der Waals surface area contributed by atoms with Gasteiger partial charge in [0.15, 0.2) is 0 Å². The Balaban J connectivity index is 2.10. The zero-order valence-corrected chi connectivity index (χ0v) is 12.6. The number of methoxy groups -OCH3 is 1. The molecule has 0 atom stereocenters. The molecule has 2 aromatic rings. The third kappa shape index (κ3) is 4.09. The lowest BCUT2D eigenvalue weighted by Crippen LogP contribution is -2.23. The van der Waals surface area contributed by atoms with Gasteiger partial charge in [-0.05, 0) is 30.3 Å². The zero-order valence-electron chi connectivity index (χ0n) is 12.6. The van der Waals surface area contributed by atoms with Gasteiger partial charge in [0.2, 0.25) is 5.91 Å². The van der Waals surface area contributed by atoms with Crippen molar-refractivity contribution in [2.75, 3.05) is 12.4 Å². The van der Waals surface area contributed by atoms with E-state index >= 15 is 0 Å². The van der Waals surface area contributed by atoms with Crippen molar-refractivity contribution in [1.82, 2.24) is 5.32 Å². The van der Waals surface area contributed by atoms with Crippen LogP contribution in [-0.4, -0.2) is 18.9 Å². The van der Waals surface area contributed by atoms with Crippen LogP contribution < -0.4 is 15.4 Å². The van der Waals surface area contributed by atoms with E-state index in [0.29, 0.717) is 23.5 Å². The number of hydrogen-bond acceptors (Lipinski definition) is 3. The van der Waals surface area contributed by atoms with Gasteiger partial charge in [-0.1, -0.05) is 18.2 Å². The van der Waals surface area contributed by atoms with Crippen molar-refractivity contribution in [3.05, 3.63) is 59.7 Å². The molecule has 0 unspecified atom stereocenters. The lowest BCUT2D eigenvalue weighted by molar-refractivity contribution is -0.114. The molecule has 114 valence electrons. The Morgan fingerprint density at radius 2 is 1.82 bits per heavy atom. The molecule has 0 radical (unpaired) electrons. The molecule has 2 amide bonds. The van der Waals surface area contributed by atoms with Crippen LogP contribution in [0.3, 0.4) is 0 Å². The number of amides is 2. The van der Waals surface area contributed by atoms with Gasteiger partial charge in [-0.3, -0.25) is 9.59 Å². The molecule has 2 N–H and O–H groups in total. The molecule has 0 aliphatic carbocycles. The molecule has 0 saturated carbocycles. The second-order valence-electron chi connectivity index (χ2n) is 4.76. The summed E-state index contributed by atoms with van der Waals surface area (Å²) in [6, 6.07) is 14.3. The molecule has 22 heavy (non-hydrogen) atoms. The molecule has 0 bridgehead atoms. The van der Waals surface area contributed by atoms with E-state index in [4.69, 9.17) is 4.74 Å². The molecular formula is C17H18N2O3. The van der Waals surface area contributed by atoms with Gasteiger partial charge in [-0.25, -0.2) is 0 Å². The predicted molar refractivity (Wildman–Crippen MR) is 84.9 cm³/mol. The Morgan fingerprint density at radius 1 is 1.09 bits per heavy atom. The second-order valence-corrected chi connectivity index (χ2v) is 4.76. The summed E-state index contributed by atoms with van der Waals surface area (Å²) in [6.07, 6.45) is 0. The molecule has 0 aliphatic heterocycles. The summed E-state index contributed by atoms with van der Waals surface area (Å²) in [5, 5.41) is 5.55. The number of hydrogen-bond donors (Lipinski definition) is 2. The zero-order chi connectivity index (χ0) is 15.9. The van der Waals surface area contributed by atoms with Crippen LogP contribution in [0.25, 0.3) is 0 Å². The fourth-order valence-corrected chi connectivity index (χ4v) is 2.06. The first-order valence-corrected chi connectivity index (χ1v) is 6.88. The normalized spacial score (nSPS) is 9.91. The highest BCUT2D eigenvalue weighted by atomic mass is 16.5. The highest BCUT2D eigenvalue weighted by Gasteiger charge is 2.09. The minimum absolute atomic E-state index is 0.149. The predicted octanol–water partition coefficient (Wildman–Crippen LogP) is 2.58. The van der Waals surface area contributed by atoms with Crippen LogP contribution in [0.1, 0.15) is 22.8 Å². The van der Waals surface area contributed by atoms with E-state index in [1.54, 1.807) is 37.4 Å². The molecule has 2 rings (SSSR count). The van der Waals surface area contributed by atoms with E-state index in [-0.39, 0.29) is 11.8 Å². The largest absolute Gasteiger partial charge is 0.496 e. The summed E-state index contributed by atoms with van der Waals surface area (Å²) >= 11 is 0. The quantitative estimate of drug-likeness (QED) is 0.891. The standard InChI is InChI=1S/C17H18N2O3/c1-12(20)19-15-8-9-16(22-2)14(10-15)11-18-17(21)13-6-4-3-5-7-13/h3-10H,11H2,1-2H3,(H,18,21)(H,19,20). The lowest BCUT2D eigenvalue weighted by Gasteiger charge is -2.12. The van der Waals surface area contributed by atoms with Crippen molar-refractivity contribution >= 4 is 17.5 Å². The SMILES string of the molecule is COc1ccc(NC(C)=O)cc1CNC(=O)c1ccccc1. The van der Waals surface area contributed by atoms with Gasteiger partial charge in [-0.15, -0.1) is 0 Å². The number of rotatable bonds is 5. The van der Waals surface area contributed by atoms with Gasteiger partial charge in [-0.2, -0.15) is 0 Å². The van der Waals surface area contributed by atoms with Gasteiger partial charge in [0, 0.05) is 30.3 Å². The van der Waals surface area contributed by atoms with Crippen molar-refractivity contribution in [3.8, 4) is 5.75 Å². The summed E-state index contributed by atoms with van der Waals surface area (Å²) in [5.74, 6) is 0.347. The van der Waals surface area contributed by atoms with E-state index in [0.717, 1.165) is 5.56 Å². The van der Waals surface area contributed by atoms with Crippen molar-refractivity contribution in [1.29, 1.82) is 0 Å². The van der Waals surface area contributed by atoms with Crippen LogP contribution in [0.15, 0.2) is 48.5 Å². The summed E-state index contributed by atoms with van der Waals surface area (Å²) in [6.45, 7) is 1.76. The van der Waals surface area contributed by atoms with Gasteiger partial charge < -0.3 is 15.4 Å². The smallest absolute Gasteiger partial charge is 0.251 e. The molecule has 2 aromatic carbocycles. The lowest BCUT2D eigenvalue weighted by atomic mass is 10.1. The number of anilines is 1. The Labute approximate surface area is 129 Å². The fourth-order valence-electron chi connectivity index (χ4n) is 2.06. The molecule has 5 nitrogen and oxygen atoms in total. The van der Waals surface area contributed by atoms with Gasteiger partial charge in [0.1, 0.15) is 5.75 Å². The third-order valence-electron chi connectivity index (χ3n) is 3.08. The van der Waals surface area contributed by atoms with Crippen LogP contribution in [0, 0.1) is 0 Å². The highest BCUT2D eigenvalue weighted by molar-refractivity contribution is 5.94. The van der Waals surface area contributed by atoms with Crippen LogP contribution in [0.4, 0.5) is 5.69 Å². The van der Waals surface area contributed by atoms with Crippen molar-refractivity contribution < 1.29 is 14.3 Å². The number of carbonyl (C=O) groups is 2. The van der Waals surface area contributed by atoms with E-state index < -0.39 is 0 Å². The van der Waals surface area contributed by atoms with E-state index in [2.05, 4.69) is 10.6 Å². The van der Waals surface area contributed by atoms with Crippen LogP contribution in [-0.2, 0) is 11.3 Å². The maximum atomic E-state index is 12.1. The average Bonchev–Trinajstić information content (AvgIpc) is 2.53. The number of ether oxygens (including phenoxy) is 1. The molecular weight excluding hydrogens is 280 g/mol. The summed E-state index contributed by atoms with van der Waals surface area (Å²) in [7, 11) is 1.57. The Morgan fingerprint density at radius 3 is 2.45 bits per heavy atom. The summed E-state index contributed by atoms with van der Waals surface area (Å²) in [5.41, 5.74) is 2.05. The number of nitrogens with one attached hydrogen (secondary N) is 2. The first kappa shape index (κ1) is 15.6. The molecule has 0 aliphatic rings. The maximum Gasteiger partial charge on any atom is 0.251 e. The monoisotopic (exact) mass is 298 g/mol. The van der Waals surface area contributed by atoms with Crippen molar-refractivity contribution in [2.45, 2.75) is 13.5 Å². The molecule has 0 saturated heterocycles. The maximum absolute atomic E-state index is 12.1. The van der Waals surface area contributed by atoms with Crippen LogP contribution in [0.5, 0.6) is 5.75 Å². The Kier molecular flexibility index (Phi) is 5.14. The van der Waals surface area contributed by atoms with Gasteiger partial charge in [0.05, 0.1) is 7.11 Å². The average molecular weight is 298 g/mol. The molecule has 0 heterocycles. The highest BCUT2D eigenvalue weighted by Crippen LogP contribution is 2.22. The first-order chi connectivity index (χ1) is 10.6. The molecule has 5 heteroatoms. The number of carbonyl (C=O) groups excluding carboxylic acids is 2. The van der Waals surface area contributed by atoms with Crippen molar-refractivity contribution in [3.63, 3.8) is 0 Å². The van der Waals surface area contributed by atoms with Gasteiger partial charge in [0.25, 0.3) is 5.91 Å². The van der Waals surface area contributed by atoms with E-state index in [1.165, 1.54) is 6.92 Å². The number of benzene rings is 2. The summed E-state index contributed by atoms with van der Waals surface area (Å²) < 4.78 is 5.28. The molecule has 0 aromatic heterocycles. The third-order valence-corrected chi connectivity index (χ3v) is 3.08. The topological polar surface area (TPSA) is 67.4 Å². The second kappa shape index (κ2) is 7.26. The minimum atomic E-state index is -0.160. The van der Waals surface area contributed by atoms with E-state index in [1.807, 2.05) is 18.2 Å². The fraction of sp³-hybridized carbons (Fsp3) is 0.176. The van der Waals surface area contributed by atoms with Crippen molar-refractivity contribution in [2.24, 2.45) is 0 Å². The minimum Gasteiger partial charge on any atom is -0.496 e. The van der Waals surface area contributed by atoms with E-state index in [9.17, 15) is 9.59 Å². The van der Waals surface area contributed by atoms with Crippen LogP contribution in [0.2, 0.25) is 0 Å². The molecule has 0 spiro atoms. The summed E-state index contributed by atoms with van der Waals surface area (Å²) in [4.78, 5) is 23.2.